The molecule has 0 aromatic heterocycles. The van der Waals surface area contributed by atoms with Crippen LogP contribution < -0.4 is 0 Å². The number of nitrogens with zero attached hydrogens (tertiary/aromatic N) is 1. The monoisotopic (exact) mass is 315 g/mol. The fourth-order valence-electron chi connectivity index (χ4n) is 4.01. The standard InChI is InChI=1S/C16H30BrN/c1-2-6-15-7-5-11-18(12-8-15)14-16(13-17)9-3-4-10-16/h15H,2-14H2,1H3. The van der Waals surface area contributed by atoms with Crippen molar-refractivity contribution in [1.82, 2.24) is 4.90 Å². The summed E-state index contributed by atoms with van der Waals surface area (Å²) in [5.74, 6) is 1.02. The third-order valence-corrected chi connectivity index (χ3v) is 6.33. The lowest BCUT2D eigenvalue weighted by molar-refractivity contribution is 0.175. The predicted molar refractivity (Wildman–Crippen MR) is 83.4 cm³/mol. The summed E-state index contributed by atoms with van der Waals surface area (Å²) < 4.78 is 0. The van der Waals surface area contributed by atoms with Crippen molar-refractivity contribution >= 4 is 15.9 Å². The van der Waals surface area contributed by atoms with Gasteiger partial charge < -0.3 is 4.90 Å². The van der Waals surface area contributed by atoms with E-state index in [1.165, 1.54) is 82.8 Å². The molecule has 2 aliphatic rings. The SMILES string of the molecule is CCCC1CCCN(CC2(CBr)CCCC2)CC1. The van der Waals surface area contributed by atoms with Gasteiger partial charge in [0.2, 0.25) is 0 Å². The molecule has 1 aliphatic carbocycles. The van der Waals surface area contributed by atoms with Gasteiger partial charge in [-0.25, -0.2) is 0 Å². The quantitative estimate of drug-likeness (QED) is 0.656. The van der Waals surface area contributed by atoms with E-state index >= 15 is 0 Å². The second kappa shape index (κ2) is 7.28. The summed E-state index contributed by atoms with van der Waals surface area (Å²) >= 11 is 3.79. The fraction of sp³-hybridized carbons (Fsp3) is 1.00. The minimum Gasteiger partial charge on any atom is -0.303 e. The summed E-state index contributed by atoms with van der Waals surface area (Å²) in [6.45, 7) is 6.41. The van der Waals surface area contributed by atoms with E-state index in [4.69, 9.17) is 0 Å². The molecule has 0 spiro atoms. The van der Waals surface area contributed by atoms with E-state index in [1.807, 2.05) is 0 Å². The van der Waals surface area contributed by atoms with Gasteiger partial charge in [0.25, 0.3) is 0 Å². The van der Waals surface area contributed by atoms with Gasteiger partial charge in [-0.3, -0.25) is 0 Å². The minimum absolute atomic E-state index is 0.616. The van der Waals surface area contributed by atoms with E-state index in [-0.39, 0.29) is 0 Å². The van der Waals surface area contributed by atoms with Crippen LogP contribution in [0, 0.1) is 11.3 Å². The Bertz CT molecular complexity index is 235. The molecule has 1 nitrogen and oxygen atoms in total. The highest BCUT2D eigenvalue weighted by Crippen LogP contribution is 2.40. The molecule has 0 amide bonds. The molecule has 18 heavy (non-hydrogen) atoms. The highest BCUT2D eigenvalue weighted by atomic mass is 79.9. The third kappa shape index (κ3) is 3.96. The van der Waals surface area contributed by atoms with Gasteiger partial charge in [0, 0.05) is 11.9 Å². The van der Waals surface area contributed by atoms with E-state index in [2.05, 4.69) is 27.8 Å². The smallest absolute Gasteiger partial charge is 0.0100 e. The van der Waals surface area contributed by atoms with Gasteiger partial charge in [0.05, 0.1) is 0 Å². The number of halogens is 1. The van der Waals surface area contributed by atoms with Crippen LogP contribution in [-0.4, -0.2) is 29.9 Å². The lowest BCUT2D eigenvalue weighted by Gasteiger charge is -2.33. The van der Waals surface area contributed by atoms with Crippen LogP contribution >= 0.6 is 15.9 Å². The van der Waals surface area contributed by atoms with Crippen LogP contribution in [0.1, 0.15) is 64.7 Å². The van der Waals surface area contributed by atoms with Gasteiger partial charge in [-0.1, -0.05) is 48.5 Å². The summed E-state index contributed by atoms with van der Waals surface area (Å²) in [6.07, 6.45) is 13.0. The van der Waals surface area contributed by atoms with E-state index < -0.39 is 0 Å². The van der Waals surface area contributed by atoms with Crippen molar-refractivity contribution in [3.63, 3.8) is 0 Å². The molecule has 0 bridgehead atoms. The molecule has 1 atom stereocenters. The number of rotatable bonds is 5. The molecule has 1 heterocycles. The van der Waals surface area contributed by atoms with Gasteiger partial charge >= 0.3 is 0 Å². The van der Waals surface area contributed by atoms with Crippen LogP contribution in [0.5, 0.6) is 0 Å². The average Bonchev–Trinajstić information content (AvgIpc) is 2.74. The number of likely N-dealkylation sites (tertiary alicyclic amines) is 1. The first-order valence-electron chi connectivity index (χ1n) is 8.06. The first kappa shape index (κ1) is 14.8. The molecule has 0 aromatic rings. The second-order valence-electron chi connectivity index (χ2n) is 6.70. The average molecular weight is 316 g/mol. The molecule has 1 unspecified atom stereocenters. The van der Waals surface area contributed by atoms with Crippen LogP contribution in [-0.2, 0) is 0 Å². The summed E-state index contributed by atoms with van der Waals surface area (Å²) in [7, 11) is 0. The Kier molecular flexibility index (Phi) is 6.00. The largest absolute Gasteiger partial charge is 0.303 e. The molecule has 2 fully saturated rings. The molecule has 1 saturated carbocycles. The normalized spacial score (nSPS) is 29.3. The number of hydrogen-bond acceptors (Lipinski definition) is 1. The second-order valence-corrected chi connectivity index (χ2v) is 7.26. The van der Waals surface area contributed by atoms with Crippen LogP contribution in [0.25, 0.3) is 0 Å². The zero-order valence-corrected chi connectivity index (χ0v) is 13.7. The van der Waals surface area contributed by atoms with Gasteiger partial charge in [-0.2, -0.15) is 0 Å². The maximum absolute atomic E-state index is 3.79. The Morgan fingerprint density at radius 2 is 1.89 bits per heavy atom. The Labute approximate surface area is 122 Å². The van der Waals surface area contributed by atoms with Crippen LogP contribution in [0.3, 0.4) is 0 Å². The molecule has 1 saturated heterocycles. The number of hydrogen-bond donors (Lipinski definition) is 0. The number of alkyl halides is 1. The van der Waals surface area contributed by atoms with Gasteiger partial charge in [0.15, 0.2) is 0 Å². The topological polar surface area (TPSA) is 3.24 Å². The van der Waals surface area contributed by atoms with Crippen molar-refractivity contribution in [2.24, 2.45) is 11.3 Å². The Morgan fingerprint density at radius 3 is 2.56 bits per heavy atom. The van der Waals surface area contributed by atoms with Crippen molar-refractivity contribution in [3.05, 3.63) is 0 Å². The van der Waals surface area contributed by atoms with Gasteiger partial charge in [0.1, 0.15) is 0 Å². The Hall–Kier alpha value is 0.440. The van der Waals surface area contributed by atoms with Crippen LogP contribution in [0.2, 0.25) is 0 Å². The molecule has 0 aromatic carbocycles. The Balaban J connectivity index is 1.82. The highest BCUT2D eigenvalue weighted by molar-refractivity contribution is 9.09. The van der Waals surface area contributed by atoms with Crippen LogP contribution in [0.15, 0.2) is 0 Å². The zero-order valence-electron chi connectivity index (χ0n) is 12.1. The maximum Gasteiger partial charge on any atom is 0.0100 e. The van der Waals surface area contributed by atoms with Crippen molar-refractivity contribution in [2.75, 3.05) is 25.0 Å². The van der Waals surface area contributed by atoms with Crippen molar-refractivity contribution in [2.45, 2.75) is 64.7 Å². The Morgan fingerprint density at radius 1 is 1.11 bits per heavy atom. The lowest BCUT2D eigenvalue weighted by atomic mass is 9.88. The van der Waals surface area contributed by atoms with E-state index in [0.717, 1.165) is 5.92 Å². The maximum atomic E-state index is 3.79. The van der Waals surface area contributed by atoms with Crippen LogP contribution in [0.4, 0.5) is 0 Å². The summed E-state index contributed by atoms with van der Waals surface area (Å²) in [5.41, 5.74) is 0.616. The summed E-state index contributed by atoms with van der Waals surface area (Å²) in [6, 6.07) is 0. The lowest BCUT2D eigenvalue weighted by Crippen LogP contribution is -2.38. The predicted octanol–water partition coefficient (Wildman–Crippen LogP) is 4.84. The first-order chi connectivity index (χ1) is 8.78. The summed E-state index contributed by atoms with van der Waals surface area (Å²) in [5, 5.41) is 1.22. The molecular formula is C16H30BrN. The molecule has 2 heteroatoms. The molecular weight excluding hydrogens is 286 g/mol. The molecule has 2 rings (SSSR count). The van der Waals surface area contributed by atoms with E-state index in [1.54, 1.807) is 0 Å². The summed E-state index contributed by atoms with van der Waals surface area (Å²) in [4.78, 5) is 2.78. The fourth-order valence-corrected chi connectivity index (χ4v) is 4.75. The molecule has 1 aliphatic heterocycles. The molecule has 106 valence electrons. The third-order valence-electron chi connectivity index (χ3n) is 5.14. The van der Waals surface area contributed by atoms with Crippen molar-refractivity contribution in [3.8, 4) is 0 Å². The van der Waals surface area contributed by atoms with Crippen molar-refractivity contribution in [1.29, 1.82) is 0 Å². The van der Waals surface area contributed by atoms with E-state index in [0.29, 0.717) is 5.41 Å². The highest BCUT2D eigenvalue weighted by Gasteiger charge is 2.34. The molecule has 0 N–H and O–H groups in total. The molecule has 0 radical (unpaired) electrons. The minimum atomic E-state index is 0.616. The first-order valence-corrected chi connectivity index (χ1v) is 9.18. The zero-order chi connectivity index (χ0) is 12.8. The van der Waals surface area contributed by atoms with E-state index in [9.17, 15) is 0 Å². The van der Waals surface area contributed by atoms with Crippen molar-refractivity contribution < 1.29 is 0 Å². The van der Waals surface area contributed by atoms with Gasteiger partial charge in [-0.05, 0) is 56.5 Å². The van der Waals surface area contributed by atoms with Gasteiger partial charge in [-0.15, -0.1) is 0 Å².